The zero-order chi connectivity index (χ0) is 10.6. The number of hydrogen-bond acceptors (Lipinski definition) is 2. The highest BCUT2D eigenvalue weighted by Gasteiger charge is 2.65. The molecule has 78 valence electrons. The number of fused-ring (bicyclic) bond motifs is 2. The molecule has 2 aliphatic rings. The van der Waals surface area contributed by atoms with Crippen molar-refractivity contribution >= 4 is 5.97 Å². The molecule has 2 atom stereocenters. The maximum atomic E-state index is 11.9. The average Bonchev–Trinajstić information content (AvgIpc) is 2.49. The molecule has 0 aliphatic heterocycles. The molecule has 0 amide bonds. The van der Waals surface area contributed by atoms with E-state index in [0.717, 1.165) is 24.8 Å². The molecule has 2 nitrogen and oxygen atoms in total. The van der Waals surface area contributed by atoms with Gasteiger partial charge in [-0.3, -0.25) is 4.79 Å². The first kappa shape index (κ1) is 9.75. The monoisotopic (exact) mass is 194 g/mol. The van der Waals surface area contributed by atoms with Crippen LogP contribution in [0.4, 0.5) is 0 Å². The predicted molar refractivity (Wildman–Crippen MR) is 54.7 cm³/mol. The van der Waals surface area contributed by atoms with Crippen molar-refractivity contribution in [2.45, 2.75) is 33.1 Å². The minimum Gasteiger partial charge on any atom is -0.468 e. The van der Waals surface area contributed by atoms with Crippen LogP contribution in [0.3, 0.4) is 0 Å². The first-order chi connectivity index (χ1) is 6.46. The third kappa shape index (κ3) is 0.800. The third-order valence-corrected chi connectivity index (χ3v) is 4.62. The second kappa shape index (κ2) is 2.62. The topological polar surface area (TPSA) is 26.3 Å². The zero-order valence-corrected chi connectivity index (χ0v) is 9.22. The van der Waals surface area contributed by atoms with E-state index >= 15 is 0 Å². The van der Waals surface area contributed by atoms with E-state index in [1.165, 1.54) is 7.11 Å². The van der Waals surface area contributed by atoms with Crippen molar-refractivity contribution in [3.63, 3.8) is 0 Å². The molecule has 0 N–H and O–H groups in total. The molecule has 2 heteroatoms. The molecule has 2 unspecified atom stereocenters. The summed E-state index contributed by atoms with van der Waals surface area (Å²) >= 11 is 0. The van der Waals surface area contributed by atoms with Crippen molar-refractivity contribution in [2.75, 3.05) is 7.11 Å². The van der Waals surface area contributed by atoms with Crippen molar-refractivity contribution in [1.82, 2.24) is 0 Å². The summed E-state index contributed by atoms with van der Waals surface area (Å²) in [6, 6.07) is 0. The molecule has 2 aliphatic carbocycles. The van der Waals surface area contributed by atoms with Crippen LogP contribution in [-0.4, -0.2) is 13.1 Å². The molecular weight excluding hydrogens is 176 g/mol. The lowest BCUT2D eigenvalue weighted by molar-refractivity contribution is -0.154. The second-order valence-electron chi connectivity index (χ2n) is 5.16. The van der Waals surface area contributed by atoms with E-state index in [4.69, 9.17) is 4.74 Å². The molecule has 0 radical (unpaired) electrons. The lowest BCUT2D eigenvalue weighted by Crippen LogP contribution is -2.40. The number of methoxy groups -OCH3 is 1. The summed E-state index contributed by atoms with van der Waals surface area (Å²) in [7, 11) is 1.48. The van der Waals surface area contributed by atoms with E-state index in [1.54, 1.807) is 0 Å². The van der Waals surface area contributed by atoms with Gasteiger partial charge in [0.15, 0.2) is 0 Å². The quantitative estimate of drug-likeness (QED) is 0.473. The van der Waals surface area contributed by atoms with Gasteiger partial charge in [0.05, 0.1) is 12.5 Å². The Morgan fingerprint density at radius 1 is 1.57 bits per heavy atom. The molecule has 0 heterocycles. The number of carbonyl (C=O) groups excluding carboxylic acids is 1. The van der Waals surface area contributed by atoms with Crippen LogP contribution in [0.15, 0.2) is 12.2 Å². The molecule has 0 aromatic rings. The highest BCUT2D eigenvalue weighted by Crippen LogP contribution is 2.68. The van der Waals surface area contributed by atoms with Gasteiger partial charge >= 0.3 is 5.97 Å². The predicted octanol–water partition coefficient (Wildman–Crippen LogP) is 2.54. The number of rotatable bonds is 1. The minimum absolute atomic E-state index is 0.0389. The van der Waals surface area contributed by atoms with Crippen LogP contribution in [0.5, 0.6) is 0 Å². The molecule has 2 saturated carbocycles. The van der Waals surface area contributed by atoms with Gasteiger partial charge in [-0.15, -0.1) is 0 Å². The van der Waals surface area contributed by atoms with Gasteiger partial charge in [0.1, 0.15) is 0 Å². The van der Waals surface area contributed by atoms with E-state index in [-0.39, 0.29) is 16.8 Å². The molecule has 2 bridgehead atoms. The van der Waals surface area contributed by atoms with E-state index in [2.05, 4.69) is 20.4 Å². The van der Waals surface area contributed by atoms with Gasteiger partial charge in [-0.2, -0.15) is 0 Å². The molecule has 0 saturated heterocycles. The van der Waals surface area contributed by atoms with Gasteiger partial charge in [0.2, 0.25) is 0 Å². The highest BCUT2D eigenvalue weighted by molar-refractivity contribution is 5.83. The van der Waals surface area contributed by atoms with Gasteiger partial charge in [0, 0.05) is 0 Å². The van der Waals surface area contributed by atoms with Gasteiger partial charge in [-0.25, -0.2) is 0 Å². The standard InChI is InChI=1S/C12H18O2/c1-8-7-9-5-6-12(8,10(13)14-4)11(9,2)3/h9H,1,5-7H2,2-4H3. The second-order valence-corrected chi connectivity index (χ2v) is 5.16. The van der Waals surface area contributed by atoms with E-state index in [9.17, 15) is 4.79 Å². The lowest BCUT2D eigenvalue weighted by atomic mass is 9.68. The molecule has 0 aromatic heterocycles. The molecular formula is C12H18O2. The van der Waals surface area contributed by atoms with Crippen molar-refractivity contribution in [3.8, 4) is 0 Å². The summed E-state index contributed by atoms with van der Waals surface area (Å²) < 4.78 is 4.96. The van der Waals surface area contributed by atoms with Gasteiger partial charge in [-0.05, 0) is 30.6 Å². The highest BCUT2D eigenvalue weighted by atomic mass is 16.5. The largest absolute Gasteiger partial charge is 0.468 e. The van der Waals surface area contributed by atoms with E-state index in [1.807, 2.05) is 0 Å². The van der Waals surface area contributed by atoms with E-state index < -0.39 is 0 Å². The number of esters is 1. The maximum Gasteiger partial charge on any atom is 0.316 e. The average molecular weight is 194 g/mol. The summed E-state index contributed by atoms with van der Waals surface area (Å²) in [6.07, 6.45) is 3.07. The Hall–Kier alpha value is -0.790. The van der Waals surface area contributed by atoms with Crippen molar-refractivity contribution < 1.29 is 9.53 Å². The Kier molecular flexibility index (Phi) is 1.82. The smallest absolute Gasteiger partial charge is 0.316 e. The van der Waals surface area contributed by atoms with Crippen LogP contribution in [0.1, 0.15) is 33.1 Å². The van der Waals surface area contributed by atoms with Crippen molar-refractivity contribution in [2.24, 2.45) is 16.7 Å². The van der Waals surface area contributed by atoms with Gasteiger partial charge < -0.3 is 4.74 Å². The molecule has 14 heavy (non-hydrogen) atoms. The number of ether oxygens (including phenoxy) is 1. The summed E-state index contributed by atoms with van der Waals surface area (Å²) in [5.74, 6) is 0.543. The van der Waals surface area contributed by atoms with Crippen LogP contribution in [-0.2, 0) is 9.53 Å². The van der Waals surface area contributed by atoms with Gasteiger partial charge in [0.25, 0.3) is 0 Å². The Balaban J connectivity index is 2.49. The Morgan fingerprint density at radius 2 is 2.21 bits per heavy atom. The molecule has 2 fully saturated rings. The molecule has 2 rings (SSSR count). The number of hydrogen-bond donors (Lipinski definition) is 0. The maximum absolute atomic E-state index is 11.9. The fraction of sp³-hybridized carbons (Fsp3) is 0.750. The SMILES string of the molecule is C=C1CC2CCC1(C(=O)OC)C2(C)C. The number of carbonyl (C=O) groups is 1. The summed E-state index contributed by atoms with van der Waals surface area (Å²) in [5.41, 5.74) is 0.745. The van der Waals surface area contributed by atoms with Crippen LogP contribution in [0.25, 0.3) is 0 Å². The lowest BCUT2D eigenvalue weighted by Gasteiger charge is -2.35. The van der Waals surface area contributed by atoms with Crippen LogP contribution in [0.2, 0.25) is 0 Å². The van der Waals surface area contributed by atoms with Crippen LogP contribution >= 0.6 is 0 Å². The fourth-order valence-electron chi connectivity index (χ4n) is 3.57. The third-order valence-electron chi connectivity index (χ3n) is 4.62. The first-order valence-electron chi connectivity index (χ1n) is 5.23. The van der Waals surface area contributed by atoms with Gasteiger partial charge in [-0.1, -0.05) is 26.0 Å². The van der Waals surface area contributed by atoms with Crippen LogP contribution in [0, 0.1) is 16.7 Å². The molecule has 0 aromatic carbocycles. The van der Waals surface area contributed by atoms with E-state index in [0.29, 0.717) is 5.92 Å². The minimum atomic E-state index is -0.383. The van der Waals surface area contributed by atoms with Crippen molar-refractivity contribution in [3.05, 3.63) is 12.2 Å². The van der Waals surface area contributed by atoms with Crippen molar-refractivity contribution in [1.29, 1.82) is 0 Å². The summed E-state index contributed by atoms with van der Waals surface area (Å²) in [6.45, 7) is 8.43. The Morgan fingerprint density at radius 3 is 2.57 bits per heavy atom. The summed E-state index contributed by atoms with van der Waals surface area (Å²) in [4.78, 5) is 11.9. The fourth-order valence-corrected chi connectivity index (χ4v) is 3.57. The molecule has 0 spiro atoms. The summed E-state index contributed by atoms with van der Waals surface area (Å²) in [5, 5.41) is 0. The Bertz CT molecular complexity index is 303. The first-order valence-corrected chi connectivity index (χ1v) is 5.23. The zero-order valence-electron chi connectivity index (χ0n) is 9.22. The normalized spacial score (nSPS) is 38.8. The van der Waals surface area contributed by atoms with Crippen LogP contribution < -0.4 is 0 Å². The Labute approximate surface area is 85.3 Å².